The number of benzene rings is 1. The Kier molecular flexibility index (Phi) is 4.02. The molecule has 0 aliphatic carbocycles. The molecule has 0 N–H and O–H groups in total. The normalized spacial score (nSPS) is 10.4. The number of hydrogen-bond donors (Lipinski definition) is 0. The first-order valence-electron chi connectivity index (χ1n) is 5.09. The van der Waals surface area contributed by atoms with Crippen LogP contribution in [0.4, 0.5) is 0 Å². The SMILES string of the molecule is Cc1ccc(OCc2ccsc2)c(CBr)c1. The highest BCUT2D eigenvalue weighted by Crippen LogP contribution is 2.23. The van der Waals surface area contributed by atoms with Crippen LogP contribution in [-0.4, -0.2) is 0 Å². The van der Waals surface area contributed by atoms with Gasteiger partial charge in [0.1, 0.15) is 12.4 Å². The third-order valence-electron chi connectivity index (χ3n) is 2.33. The minimum Gasteiger partial charge on any atom is -0.489 e. The lowest BCUT2D eigenvalue weighted by Crippen LogP contribution is -1.96. The average molecular weight is 297 g/mol. The van der Waals surface area contributed by atoms with Crippen LogP contribution in [0.1, 0.15) is 16.7 Å². The van der Waals surface area contributed by atoms with Crippen molar-refractivity contribution in [3.05, 3.63) is 51.7 Å². The number of alkyl halides is 1. The van der Waals surface area contributed by atoms with Gasteiger partial charge in [0.25, 0.3) is 0 Å². The van der Waals surface area contributed by atoms with E-state index in [2.05, 4.69) is 51.8 Å². The highest BCUT2D eigenvalue weighted by molar-refractivity contribution is 9.08. The predicted molar refractivity (Wildman–Crippen MR) is 72.5 cm³/mol. The molecule has 1 nitrogen and oxygen atoms in total. The molecule has 2 aromatic rings. The van der Waals surface area contributed by atoms with Crippen molar-refractivity contribution >= 4 is 27.3 Å². The van der Waals surface area contributed by atoms with Crippen molar-refractivity contribution in [1.29, 1.82) is 0 Å². The summed E-state index contributed by atoms with van der Waals surface area (Å²) >= 11 is 5.18. The van der Waals surface area contributed by atoms with E-state index in [1.165, 1.54) is 16.7 Å². The Hall–Kier alpha value is -0.800. The van der Waals surface area contributed by atoms with E-state index in [1.807, 2.05) is 6.07 Å². The first-order chi connectivity index (χ1) is 7.79. The molecule has 3 heteroatoms. The van der Waals surface area contributed by atoms with Crippen molar-refractivity contribution in [2.24, 2.45) is 0 Å². The Labute approximate surface area is 108 Å². The second-order valence-electron chi connectivity index (χ2n) is 3.67. The van der Waals surface area contributed by atoms with E-state index in [0.717, 1.165) is 11.1 Å². The zero-order valence-corrected chi connectivity index (χ0v) is 11.5. The van der Waals surface area contributed by atoms with E-state index < -0.39 is 0 Å². The van der Waals surface area contributed by atoms with E-state index in [-0.39, 0.29) is 0 Å². The molecule has 0 aliphatic heterocycles. The summed E-state index contributed by atoms with van der Waals surface area (Å²) in [7, 11) is 0. The van der Waals surface area contributed by atoms with Crippen molar-refractivity contribution in [3.8, 4) is 5.75 Å². The Morgan fingerprint density at radius 3 is 2.88 bits per heavy atom. The van der Waals surface area contributed by atoms with Crippen molar-refractivity contribution in [1.82, 2.24) is 0 Å². The maximum Gasteiger partial charge on any atom is 0.123 e. The van der Waals surface area contributed by atoms with Gasteiger partial charge in [-0.05, 0) is 35.4 Å². The molecule has 0 saturated heterocycles. The minimum absolute atomic E-state index is 0.645. The standard InChI is InChI=1S/C13H13BrOS/c1-10-2-3-13(12(6-10)7-14)15-8-11-4-5-16-9-11/h2-6,9H,7-8H2,1H3. The van der Waals surface area contributed by atoms with Crippen LogP contribution in [0.5, 0.6) is 5.75 Å². The summed E-state index contributed by atoms with van der Waals surface area (Å²) in [6.07, 6.45) is 0. The molecule has 84 valence electrons. The summed E-state index contributed by atoms with van der Waals surface area (Å²) in [4.78, 5) is 0. The smallest absolute Gasteiger partial charge is 0.123 e. The molecule has 0 aliphatic rings. The first-order valence-corrected chi connectivity index (χ1v) is 7.15. The fraction of sp³-hybridized carbons (Fsp3) is 0.231. The van der Waals surface area contributed by atoms with Crippen LogP contribution in [0.3, 0.4) is 0 Å². The molecule has 0 atom stereocenters. The summed E-state index contributed by atoms with van der Waals surface area (Å²) < 4.78 is 5.80. The van der Waals surface area contributed by atoms with Crippen LogP contribution in [0.2, 0.25) is 0 Å². The summed E-state index contributed by atoms with van der Waals surface area (Å²) in [5, 5.41) is 5.01. The van der Waals surface area contributed by atoms with Crippen LogP contribution in [-0.2, 0) is 11.9 Å². The Balaban J connectivity index is 2.09. The number of halogens is 1. The second-order valence-corrected chi connectivity index (χ2v) is 5.01. The van der Waals surface area contributed by atoms with Gasteiger partial charge in [0, 0.05) is 10.9 Å². The van der Waals surface area contributed by atoms with Gasteiger partial charge in [0.15, 0.2) is 0 Å². The zero-order chi connectivity index (χ0) is 11.4. The molecule has 16 heavy (non-hydrogen) atoms. The Bertz CT molecular complexity index is 451. The highest BCUT2D eigenvalue weighted by Gasteiger charge is 2.03. The molecule has 0 bridgehead atoms. The highest BCUT2D eigenvalue weighted by atomic mass is 79.9. The van der Waals surface area contributed by atoms with Crippen molar-refractivity contribution in [2.75, 3.05) is 0 Å². The Morgan fingerprint density at radius 1 is 1.31 bits per heavy atom. The summed E-state index contributed by atoms with van der Waals surface area (Å²) in [6, 6.07) is 8.36. The quantitative estimate of drug-likeness (QED) is 0.753. The number of hydrogen-bond acceptors (Lipinski definition) is 2. The molecule has 2 rings (SSSR count). The maximum atomic E-state index is 5.80. The van der Waals surface area contributed by atoms with Crippen LogP contribution in [0.15, 0.2) is 35.0 Å². The molecule has 0 fully saturated rings. The molecule has 0 unspecified atom stereocenters. The summed E-state index contributed by atoms with van der Waals surface area (Å²) in [5.74, 6) is 0.966. The van der Waals surface area contributed by atoms with E-state index in [1.54, 1.807) is 11.3 Å². The van der Waals surface area contributed by atoms with Gasteiger partial charge < -0.3 is 4.74 Å². The van der Waals surface area contributed by atoms with Crippen LogP contribution in [0.25, 0.3) is 0 Å². The van der Waals surface area contributed by atoms with Gasteiger partial charge in [-0.25, -0.2) is 0 Å². The van der Waals surface area contributed by atoms with Crippen LogP contribution >= 0.6 is 27.3 Å². The molecule has 0 radical (unpaired) electrons. The second kappa shape index (κ2) is 5.51. The van der Waals surface area contributed by atoms with E-state index in [9.17, 15) is 0 Å². The third-order valence-corrected chi connectivity index (χ3v) is 3.67. The summed E-state index contributed by atoms with van der Waals surface area (Å²) in [5.41, 5.74) is 3.69. The minimum atomic E-state index is 0.645. The molecule has 1 aromatic heterocycles. The largest absolute Gasteiger partial charge is 0.489 e. The maximum absolute atomic E-state index is 5.80. The van der Waals surface area contributed by atoms with Gasteiger partial charge in [-0.2, -0.15) is 11.3 Å². The van der Waals surface area contributed by atoms with E-state index >= 15 is 0 Å². The summed E-state index contributed by atoms with van der Waals surface area (Å²) in [6.45, 7) is 2.74. The average Bonchev–Trinajstić information content (AvgIpc) is 2.80. The van der Waals surface area contributed by atoms with E-state index in [0.29, 0.717) is 6.61 Å². The van der Waals surface area contributed by atoms with E-state index in [4.69, 9.17) is 4.74 Å². The number of rotatable bonds is 4. The predicted octanol–water partition coefficient (Wildman–Crippen LogP) is 4.53. The number of aryl methyl sites for hydroxylation is 1. The van der Waals surface area contributed by atoms with Crippen molar-refractivity contribution in [2.45, 2.75) is 18.9 Å². The first kappa shape index (κ1) is 11.7. The van der Waals surface area contributed by atoms with Gasteiger partial charge in [-0.3, -0.25) is 0 Å². The Morgan fingerprint density at radius 2 is 2.19 bits per heavy atom. The van der Waals surface area contributed by atoms with Crippen LogP contribution < -0.4 is 4.74 Å². The molecule has 1 heterocycles. The van der Waals surface area contributed by atoms with Gasteiger partial charge in [0.05, 0.1) is 0 Å². The lowest BCUT2D eigenvalue weighted by atomic mass is 10.1. The lowest BCUT2D eigenvalue weighted by Gasteiger charge is -2.10. The van der Waals surface area contributed by atoms with Crippen LogP contribution in [0, 0.1) is 6.92 Å². The molecule has 0 amide bonds. The fourth-order valence-electron chi connectivity index (χ4n) is 1.49. The monoisotopic (exact) mass is 296 g/mol. The topological polar surface area (TPSA) is 9.23 Å². The number of thiophene rings is 1. The van der Waals surface area contributed by atoms with Gasteiger partial charge in [-0.15, -0.1) is 0 Å². The van der Waals surface area contributed by atoms with Crippen molar-refractivity contribution < 1.29 is 4.74 Å². The van der Waals surface area contributed by atoms with Gasteiger partial charge in [-0.1, -0.05) is 33.6 Å². The third kappa shape index (κ3) is 2.86. The molecular formula is C13H13BrOS. The molecule has 0 spiro atoms. The number of ether oxygens (including phenoxy) is 1. The van der Waals surface area contributed by atoms with Gasteiger partial charge in [0.2, 0.25) is 0 Å². The zero-order valence-electron chi connectivity index (χ0n) is 9.07. The molecule has 0 saturated carbocycles. The molecule has 1 aromatic carbocycles. The lowest BCUT2D eigenvalue weighted by molar-refractivity contribution is 0.304. The molecular weight excluding hydrogens is 284 g/mol. The van der Waals surface area contributed by atoms with Crippen molar-refractivity contribution in [3.63, 3.8) is 0 Å². The van der Waals surface area contributed by atoms with Gasteiger partial charge >= 0.3 is 0 Å². The fourth-order valence-corrected chi connectivity index (χ4v) is 2.58.